The Labute approximate surface area is 90.0 Å². The normalized spacial score (nSPS) is 17.9. The Kier molecular flexibility index (Phi) is 2.97. The lowest BCUT2D eigenvalue weighted by atomic mass is 10.2. The molecule has 76 valence electrons. The van der Waals surface area contributed by atoms with Crippen molar-refractivity contribution in [3.63, 3.8) is 0 Å². The summed E-state index contributed by atoms with van der Waals surface area (Å²) >= 11 is 5.75. The summed E-state index contributed by atoms with van der Waals surface area (Å²) in [5.41, 5.74) is 1.12. The van der Waals surface area contributed by atoms with Gasteiger partial charge in [0.2, 0.25) is 0 Å². The zero-order valence-electron chi connectivity index (χ0n) is 8.37. The fourth-order valence-electron chi connectivity index (χ4n) is 1.58. The third-order valence-corrected chi connectivity index (χ3v) is 2.97. The molecule has 1 aromatic carbocycles. The Balaban J connectivity index is 2.00. The monoisotopic (exact) mass is 210 g/mol. The van der Waals surface area contributed by atoms with Crippen molar-refractivity contribution in [2.24, 2.45) is 5.92 Å². The Morgan fingerprint density at radius 1 is 1.50 bits per heavy atom. The average molecular weight is 211 g/mol. The maximum absolute atomic E-state index is 5.82. The lowest BCUT2D eigenvalue weighted by Crippen LogP contribution is -2.13. The highest BCUT2D eigenvalue weighted by Crippen LogP contribution is 2.34. The molecule has 1 aliphatic rings. The SMILES string of the molecule is CC(Oc1cccc(CCl)c1)C1CC1. The average Bonchev–Trinajstić information content (AvgIpc) is 3.01. The van der Waals surface area contributed by atoms with E-state index in [1.165, 1.54) is 12.8 Å². The molecule has 0 heterocycles. The molecule has 0 aromatic heterocycles. The lowest BCUT2D eigenvalue weighted by molar-refractivity contribution is 0.198. The first-order valence-corrected chi connectivity index (χ1v) is 5.64. The van der Waals surface area contributed by atoms with Crippen LogP contribution in [0, 0.1) is 5.92 Å². The van der Waals surface area contributed by atoms with Gasteiger partial charge in [-0.15, -0.1) is 11.6 Å². The molecule has 0 aliphatic heterocycles. The van der Waals surface area contributed by atoms with Crippen molar-refractivity contribution < 1.29 is 4.74 Å². The maximum atomic E-state index is 5.82. The third-order valence-electron chi connectivity index (χ3n) is 2.66. The molecule has 1 saturated carbocycles. The van der Waals surface area contributed by atoms with Crippen LogP contribution in [0.25, 0.3) is 0 Å². The molecule has 1 nitrogen and oxygen atoms in total. The molecular formula is C12H15ClO. The van der Waals surface area contributed by atoms with Crippen LogP contribution < -0.4 is 4.74 Å². The molecule has 1 unspecified atom stereocenters. The third kappa shape index (κ3) is 2.42. The minimum atomic E-state index is 0.348. The molecule has 2 rings (SSSR count). The van der Waals surface area contributed by atoms with Gasteiger partial charge in [0.1, 0.15) is 5.75 Å². The van der Waals surface area contributed by atoms with Crippen LogP contribution in [0.1, 0.15) is 25.3 Å². The van der Waals surface area contributed by atoms with Crippen molar-refractivity contribution in [2.75, 3.05) is 0 Å². The van der Waals surface area contributed by atoms with Crippen LogP contribution in [-0.4, -0.2) is 6.10 Å². The molecule has 0 spiro atoms. The van der Waals surface area contributed by atoms with E-state index in [4.69, 9.17) is 16.3 Å². The van der Waals surface area contributed by atoms with E-state index >= 15 is 0 Å². The number of ether oxygens (including phenoxy) is 1. The molecule has 14 heavy (non-hydrogen) atoms. The first kappa shape index (κ1) is 9.85. The van der Waals surface area contributed by atoms with Crippen molar-refractivity contribution in [3.8, 4) is 5.75 Å². The fourth-order valence-corrected chi connectivity index (χ4v) is 1.74. The topological polar surface area (TPSA) is 9.23 Å². The summed E-state index contributed by atoms with van der Waals surface area (Å²) in [4.78, 5) is 0. The van der Waals surface area contributed by atoms with E-state index in [-0.39, 0.29) is 0 Å². The summed E-state index contributed by atoms with van der Waals surface area (Å²) in [6.07, 6.45) is 2.98. The van der Waals surface area contributed by atoms with Gasteiger partial charge in [-0.1, -0.05) is 12.1 Å². The first-order chi connectivity index (χ1) is 6.79. The van der Waals surface area contributed by atoms with E-state index in [1.54, 1.807) is 0 Å². The first-order valence-electron chi connectivity index (χ1n) is 5.11. The van der Waals surface area contributed by atoms with Crippen LogP contribution in [-0.2, 0) is 5.88 Å². The van der Waals surface area contributed by atoms with Gasteiger partial charge in [0.15, 0.2) is 0 Å². The van der Waals surface area contributed by atoms with E-state index < -0.39 is 0 Å². The highest BCUT2D eigenvalue weighted by molar-refractivity contribution is 6.17. The van der Waals surface area contributed by atoms with Crippen LogP contribution >= 0.6 is 11.6 Å². The second-order valence-electron chi connectivity index (χ2n) is 3.94. The number of alkyl halides is 1. The van der Waals surface area contributed by atoms with Gasteiger partial charge in [0.25, 0.3) is 0 Å². The second-order valence-corrected chi connectivity index (χ2v) is 4.21. The van der Waals surface area contributed by atoms with Gasteiger partial charge in [-0.3, -0.25) is 0 Å². The molecule has 1 atom stereocenters. The predicted molar refractivity (Wildman–Crippen MR) is 58.8 cm³/mol. The summed E-state index contributed by atoms with van der Waals surface area (Å²) in [5, 5.41) is 0. The van der Waals surface area contributed by atoms with E-state index in [1.807, 2.05) is 24.3 Å². The number of hydrogen-bond donors (Lipinski definition) is 0. The van der Waals surface area contributed by atoms with Crippen molar-refractivity contribution >= 4 is 11.6 Å². The molecule has 2 heteroatoms. The number of halogens is 1. The smallest absolute Gasteiger partial charge is 0.120 e. The lowest BCUT2D eigenvalue weighted by Gasteiger charge is -2.14. The molecule has 1 fully saturated rings. The molecule has 0 bridgehead atoms. The highest BCUT2D eigenvalue weighted by Gasteiger charge is 2.29. The van der Waals surface area contributed by atoms with Crippen molar-refractivity contribution in [2.45, 2.75) is 31.7 Å². The van der Waals surface area contributed by atoms with Gasteiger partial charge < -0.3 is 4.74 Å². The highest BCUT2D eigenvalue weighted by atomic mass is 35.5. The van der Waals surface area contributed by atoms with E-state index in [2.05, 4.69) is 6.92 Å². The van der Waals surface area contributed by atoms with Gasteiger partial charge in [-0.25, -0.2) is 0 Å². The minimum Gasteiger partial charge on any atom is -0.490 e. The van der Waals surface area contributed by atoms with Crippen LogP contribution in [0.2, 0.25) is 0 Å². The number of benzene rings is 1. The standard InChI is InChI=1S/C12H15ClO/c1-9(11-5-6-11)14-12-4-2-3-10(7-12)8-13/h2-4,7,9,11H,5-6,8H2,1H3. The van der Waals surface area contributed by atoms with E-state index in [0.717, 1.165) is 17.2 Å². The van der Waals surface area contributed by atoms with Gasteiger partial charge in [-0.05, 0) is 43.4 Å². The quantitative estimate of drug-likeness (QED) is 0.690. The van der Waals surface area contributed by atoms with E-state index in [9.17, 15) is 0 Å². The zero-order valence-corrected chi connectivity index (χ0v) is 9.13. The van der Waals surface area contributed by atoms with Crippen LogP contribution in [0.4, 0.5) is 0 Å². The fraction of sp³-hybridized carbons (Fsp3) is 0.500. The molecule has 1 aromatic rings. The van der Waals surface area contributed by atoms with Crippen LogP contribution in [0.15, 0.2) is 24.3 Å². The Morgan fingerprint density at radius 3 is 2.93 bits per heavy atom. The summed E-state index contributed by atoms with van der Waals surface area (Å²) in [6, 6.07) is 8.02. The molecular weight excluding hydrogens is 196 g/mol. The Hall–Kier alpha value is -0.690. The molecule has 0 N–H and O–H groups in total. The zero-order chi connectivity index (χ0) is 9.97. The van der Waals surface area contributed by atoms with Crippen molar-refractivity contribution in [3.05, 3.63) is 29.8 Å². The van der Waals surface area contributed by atoms with Gasteiger partial charge in [-0.2, -0.15) is 0 Å². The Morgan fingerprint density at radius 2 is 2.29 bits per heavy atom. The van der Waals surface area contributed by atoms with E-state index in [0.29, 0.717) is 12.0 Å². The Bertz CT molecular complexity index is 307. The number of rotatable bonds is 4. The molecule has 0 amide bonds. The molecule has 0 radical (unpaired) electrons. The largest absolute Gasteiger partial charge is 0.490 e. The predicted octanol–water partition coefficient (Wildman–Crippen LogP) is 3.60. The van der Waals surface area contributed by atoms with Gasteiger partial charge >= 0.3 is 0 Å². The second kappa shape index (κ2) is 4.22. The summed E-state index contributed by atoms with van der Waals surface area (Å²) < 4.78 is 5.82. The van der Waals surface area contributed by atoms with Crippen LogP contribution in [0.3, 0.4) is 0 Å². The summed E-state index contributed by atoms with van der Waals surface area (Å²) in [7, 11) is 0. The summed E-state index contributed by atoms with van der Waals surface area (Å²) in [6.45, 7) is 2.14. The molecule has 0 saturated heterocycles. The molecule has 1 aliphatic carbocycles. The van der Waals surface area contributed by atoms with Crippen molar-refractivity contribution in [1.82, 2.24) is 0 Å². The number of hydrogen-bond acceptors (Lipinski definition) is 1. The van der Waals surface area contributed by atoms with Gasteiger partial charge in [0, 0.05) is 5.88 Å². The minimum absolute atomic E-state index is 0.348. The summed E-state index contributed by atoms with van der Waals surface area (Å²) in [5.74, 6) is 2.27. The van der Waals surface area contributed by atoms with Crippen molar-refractivity contribution in [1.29, 1.82) is 0 Å². The van der Waals surface area contributed by atoms with Crippen LogP contribution in [0.5, 0.6) is 5.75 Å². The maximum Gasteiger partial charge on any atom is 0.120 e. The van der Waals surface area contributed by atoms with Gasteiger partial charge in [0.05, 0.1) is 6.10 Å².